The van der Waals surface area contributed by atoms with Gasteiger partial charge in [0.25, 0.3) is 0 Å². The van der Waals surface area contributed by atoms with Gasteiger partial charge in [-0.15, -0.1) is 0 Å². The third-order valence-electron chi connectivity index (χ3n) is 1.65. The zero-order valence-corrected chi connectivity index (χ0v) is 7.25. The van der Waals surface area contributed by atoms with Gasteiger partial charge in [0.2, 0.25) is 0 Å². The Kier molecular flexibility index (Phi) is 2.92. The Morgan fingerprint density at radius 1 is 1.50 bits per heavy atom. The molecule has 0 amide bonds. The maximum atomic E-state index is 8.78. The molecule has 0 bridgehead atoms. The molecule has 1 aromatic rings. The van der Waals surface area contributed by atoms with Crippen LogP contribution in [-0.4, -0.2) is 11.7 Å². The molecule has 4 heteroatoms. The molecule has 0 saturated carbocycles. The summed E-state index contributed by atoms with van der Waals surface area (Å²) in [6.07, 6.45) is 0. The number of benzene rings is 1. The van der Waals surface area contributed by atoms with Gasteiger partial charge in [-0.25, -0.2) is 0 Å². The minimum absolute atomic E-state index is 0.134. The molecule has 66 valence electrons. The number of nitrogen functional groups attached to an aromatic ring is 1. The monoisotopic (exact) mass is 186 g/mol. The van der Waals surface area contributed by atoms with E-state index in [1.54, 1.807) is 18.2 Å². The summed E-state index contributed by atoms with van der Waals surface area (Å²) < 4.78 is 0. The van der Waals surface area contributed by atoms with E-state index in [9.17, 15) is 0 Å². The van der Waals surface area contributed by atoms with Gasteiger partial charge in [-0.3, -0.25) is 0 Å². The lowest BCUT2D eigenvalue weighted by molar-refractivity contribution is 0.268. The van der Waals surface area contributed by atoms with Gasteiger partial charge in [0.05, 0.1) is 12.6 Å². The van der Waals surface area contributed by atoms with Crippen LogP contribution in [0.3, 0.4) is 0 Å². The minimum Gasteiger partial charge on any atom is -0.398 e. The molecule has 0 aliphatic heterocycles. The van der Waals surface area contributed by atoms with Crippen LogP contribution in [0.2, 0.25) is 5.02 Å². The molecular formula is C8H11ClN2O. The summed E-state index contributed by atoms with van der Waals surface area (Å²) in [5, 5.41) is 9.35. The van der Waals surface area contributed by atoms with Gasteiger partial charge < -0.3 is 16.6 Å². The van der Waals surface area contributed by atoms with E-state index in [2.05, 4.69) is 0 Å². The van der Waals surface area contributed by atoms with Crippen LogP contribution >= 0.6 is 11.6 Å². The van der Waals surface area contributed by atoms with E-state index in [0.29, 0.717) is 16.3 Å². The van der Waals surface area contributed by atoms with Gasteiger partial charge in [-0.1, -0.05) is 11.6 Å². The Morgan fingerprint density at radius 2 is 2.17 bits per heavy atom. The number of hydrogen-bond acceptors (Lipinski definition) is 3. The smallest absolute Gasteiger partial charge is 0.0625 e. The van der Waals surface area contributed by atoms with Crippen molar-refractivity contribution in [2.75, 3.05) is 12.3 Å². The first-order valence-corrected chi connectivity index (χ1v) is 3.94. The third-order valence-corrected chi connectivity index (χ3v) is 1.88. The number of aliphatic hydroxyl groups is 1. The lowest BCUT2D eigenvalue weighted by atomic mass is 10.1. The van der Waals surface area contributed by atoms with Crippen LogP contribution in [0.5, 0.6) is 0 Å². The molecule has 1 rings (SSSR count). The van der Waals surface area contributed by atoms with Crippen LogP contribution in [0.15, 0.2) is 18.2 Å². The fraction of sp³-hybridized carbons (Fsp3) is 0.250. The number of halogens is 1. The highest BCUT2D eigenvalue weighted by Gasteiger charge is 2.08. The highest BCUT2D eigenvalue weighted by atomic mass is 35.5. The van der Waals surface area contributed by atoms with Crippen LogP contribution in [0.4, 0.5) is 5.69 Å². The topological polar surface area (TPSA) is 72.3 Å². The van der Waals surface area contributed by atoms with Crippen molar-refractivity contribution in [3.8, 4) is 0 Å². The van der Waals surface area contributed by atoms with Crippen molar-refractivity contribution in [2.45, 2.75) is 6.04 Å². The highest BCUT2D eigenvalue weighted by Crippen LogP contribution is 2.22. The molecular weight excluding hydrogens is 176 g/mol. The Hall–Kier alpha value is -0.770. The Balaban J connectivity index is 3.04. The minimum atomic E-state index is -0.455. The number of nitrogens with two attached hydrogens (primary N) is 2. The maximum Gasteiger partial charge on any atom is 0.0625 e. The van der Waals surface area contributed by atoms with Gasteiger partial charge >= 0.3 is 0 Å². The molecule has 0 fully saturated rings. The lowest BCUT2D eigenvalue weighted by Crippen LogP contribution is -2.16. The van der Waals surface area contributed by atoms with E-state index in [1.807, 2.05) is 0 Å². The molecule has 1 atom stereocenters. The first-order chi connectivity index (χ1) is 5.65. The summed E-state index contributed by atoms with van der Waals surface area (Å²) in [5.74, 6) is 0. The predicted octanol–water partition coefficient (Wildman–Crippen LogP) is 0.914. The van der Waals surface area contributed by atoms with Gasteiger partial charge in [0, 0.05) is 10.7 Å². The third kappa shape index (κ3) is 1.88. The van der Waals surface area contributed by atoms with E-state index in [0.717, 1.165) is 0 Å². The second kappa shape index (κ2) is 3.76. The lowest BCUT2D eigenvalue weighted by Gasteiger charge is -2.11. The second-order valence-corrected chi connectivity index (χ2v) is 3.00. The first kappa shape index (κ1) is 9.32. The van der Waals surface area contributed by atoms with Crippen LogP contribution in [0, 0.1) is 0 Å². The molecule has 0 aliphatic carbocycles. The molecule has 0 aromatic heterocycles. The molecule has 0 saturated heterocycles. The zero-order valence-electron chi connectivity index (χ0n) is 6.50. The van der Waals surface area contributed by atoms with Crippen molar-refractivity contribution in [2.24, 2.45) is 5.73 Å². The summed E-state index contributed by atoms with van der Waals surface area (Å²) in [4.78, 5) is 0. The standard InChI is InChI=1S/C8H11ClN2O/c9-5-1-2-7(10)6(3-5)8(11)4-12/h1-3,8,12H,4,10-11H2/t8-/m1/s1. The van der Waals surface area contributed by atoms with Crippen molar-refractivity contribution < 1.29 is 5.11 Å². The number of anilines is 1. The summed E-state index contributed by atoms with van der Waals surface area (Å²) >= 11 is 5.73. The van der Waals surface area contributed by atoms with E-state index in [1.165, 1.54) is 0 Å². The summed E-state index contributed by atoms with van der Waals surface area (Å²) in [6.45, 7) is -0.134. The Labute approximate surface area is 75.9 Å². The molecule has 5 N–H and O–H groups in total. The normalized spacial score (nSPS) is 12.9. The zero-order chi connectivity index (χ0) is 9.14. The summed E-state index contributed by atoms with van der Waals surface area (Å²) in [5.41, 5.74) is 12.4. The van der Waals surface area contributed by atoms with Gasteiger partial charge in [-0.2, -0.15) is 0 Å². The molecule has 0 spiro atoms. The average molecular weight is 187 g/mol. The molecule has 1 aromatic carbocycles. The second-order valence-electron chi connectivity index (χ2n) is 2.56. The molecule has 3 nitrogen and oxygen atoms in total. The van der Waals surface area contributed by atoms with E-state index >= 15 is 0 Å². The van der Waals surface area contributed by atoms with Crippen molar-refractivity contribution in [1.29, 1.82) is 0 Å². The van der Waals surface area contributed by atoms with Crippen LogP contribution in [0.25, 0.3) is 0 Å². The maximum absolute atomic E-state index is 8.78. The van der Waals surface area contributed by atoms with Crippen molar-refractivity contribution in [1.82, 2.24) is 0 Å². The predicted molar refractivity (Wildman–Crippen MR) is 49.9 cm³/mol. The average Bonchev–Trinajstić information content (AvgIpc) is 2.08. The van der Waals surface area contributed by atoms with Gasteiger partial charge in [0.15, 0.2) is 0 Å². The van der Waals surface area contributed by atoms with Gasteiger partial charge in [0.1, 0.15) is 0 Å². The summed E-state index contributed by atoms with van der Waals surface area (Å²) in [6, 6.07) is 4.57. The van der Waals surface area contributed by atoms with Crippen molar-refractivity contribution in [3.63, 3.8) is 0 Å². The fourth-order valence-electron chi connectivity index (χ4n) is 0.965. The number of hydrogen-bond donors (Lipinski definition) is 3. The molecule has 12 heavy (non-hydrogen) atoms. The molecule has 0 heterocycles. The van der Waals surface area contributed by atoms with E-state index in [4.69, 9.17) is 28.2 Å². The summed E-state index contributed by atoms with van der Waals surface area (Å²) in [7, 11) is 0. The van der Waals surface area contributed by atoms with Crippen molar-refractivity contribution >= 4 is 17.3 Å². The SMILES string of the molecule is Nc1ccc(Cl)cc1[C@H](N)CO. The number of aliphatic hydroxyl groups excluding tert-OH is 1. The Bertz CT molecular complexity index is 278. The molecule has 0 radical (unpaired) electrons. The van der Waals surface area contributed by atoms with Crippen molar-refractivity contribution in [3.05, 3.63) is 28.8 Å². The molecule has 0 aliphatic rings. The Morgan fingerprint density at radius 3 is 2.75 bits per heavy atom. The van der Waals surface area contributed by atoms with E-state index < -0.39 is 6.04 Å². The van der Waals surface area contributed by atoms with Crippen LogP contribution in [0.1, 0.15) is 11.6 Å². The van der Waals surface area contributed by atoms with Crippen LogP contribution < -0.4 is 11.5 Å². The highest BCUT2D eigenvalue weighted by molar-refractivity contribution is 6.30. The van der Waals surface area contributed by atoms with E-state index in [-0.39, 0.29) is 6.61 Å². The fourth-order valence-corrected chi connectivity index (χ4v) is 1.15. The van der Waals surface area contributed by atoms with Crippen LogP contribution in [-0.2, 0) is 0 Å². The molecule has 0 unspecified atom stereocenters. The largest absolute Gasteiger partial charge is 0.398 e. The quantitative estimate of drug-likeness (QED) is 0.602. The first-order valence-electron chi connectivity index (χ1n) is 3.56. The van der Waals surface area contributed by atoms with Gasteiger partial charge in [-0.05, 0) is 23.8 Å². The number of rotatable bonds is 2.